The van der Waals surface area contributed by atoms with Gasteiger partial charge in [-0.15, -0.1) is 0 Å². The average molecular weight is 327 g/mol. The molecule has 4 nitrogen and oxygen atoms in total. The van der Waals surface area contributed by atoms with Gasteiger partial charge in [0, 0.05) is 6.54 Å². The fraction of sp³-hybridized carbons (Fsp3) is 0.350. The van der Waals surface area contributed by atoms with Crippen LogP contribution in [-0.2, 0) is 11.3 Å². The van der Waals surface area contributed by atoms with Crippen LogP contribution in [0.1, 0.15) is 30.5 Å². The third-order valence-electron chi connectivity index (χ3n) is 3.93. The molecule has 1 amide bonds. The van der Waals surface area contributed by atoms with Crippen LogP contribution in [0.15, 0.2) is 42.5 Å². The van der Waals surface area contributed by atoms with Gasteiger partial charge < -0.3 is 14.8 Å². The number of amides is 1. The molecule has 24 heavy (non-hydrogen) atoms. The number of carbonyl (C=O) groups is 1. The van der Waals surface area contributed by atoms with E-state index in [0.717, 1.165) is 28.2 Å². The Hall–Kier alpha value is -2.49. The van der Waals surface area contributed by atoms with Crippen molar-refractivity contribution in [2.75, 3.05) is 6.61 Å². The topological polar surface area (TPSA) is 47.6 Å². The molecule has 1 N–H and O–H groups in total. The predicted octanol–water partition coefficient (Wildman–Crippen LogP) is 3.79. The van der Waals surface area contributed by atoms with E-state index in [1.807, 2.05) is 63.2 Å². The zero-order valence-corrected chi connectivity index (χ0v) is 14.8. The van der Waals surface area contributed by atoms with Crippen LogP contribution >= 0.6 is 0 Å². The van der Waals surface area contributed by atoms with Gasteiger partial charge in [0.05, 0.1) is 6.61 Å². The summed E-state index contributed by atoms with van der Waals surface area (Å²) in [5.41, 5.74) is 3.23. The molecule has 0 aliphatic carbocycles. The summed E-state index contributed by atoms with van der Waals surface area (Å²) in [6.45, 7) is 8.84. The Bertz CT molecular complexity index is 680. The van der Waals surface area contributed by atoms with Crippen molar-refractivity contribution in [3.63, 3.8) is 0 Å². The van der Waals surface area contributed by atoms with E-state index in [9.17, 15) is 4.79 Å². The molecule has 0 heterocycles. The first-order chi connectivity index (χ1) is 11.5. The quantitative estimate of drug-likeness (QED) is 0.842. The third kappa shape index (κ3) is 4.75. The summed E-state index contributed by atoms with van der Waals surface area (Å²) in [5.74, 6) is 1.45. The van der Waals surface area contributed by atoms with E-state index >= 15 is 0 Å². The minimum Gasteiger partial charge on any atom is -0.494 e. The molecule has 1 atom stereocenters. The van der Waals surface area contributed by atoms with E-state index in [0.29, 0.717) is 13.2 Å². The summed E-state index contributed by atoms with van der Waals surface area (Å²) < 4.78 is 11.2. The highest BCUT2D eigenvalue weighted by Gasteiger charge is 2.15. The van der Waals surface area contributed by atoms with Gasteiger partial charge in [-0.25, -0.2) is 0 Å². The van der Waals surface area contributed by atoms with Gasteiger partial charge in [0.25, 0.3) is 5.91 Å². The molecule has 0 spiro atoms. The first-order valence-electron chi connectivity index (χ1n) is 8.23. The van der Waals surface area contributed by atoms with Crippen LogP contribution in [0.2, 0.25) is 0 Å². The van der Waals surface area contributed by atoms with E-state index in [4.69, 9.17) is 9.47 Å². The van der Waals surface area contributed by atoms with Crippen LogP contribution in [0.25, 0.3) is 0 Å². The molecular formula is C20H25NO3. The number of rotatable bonds is 7. The molecule has 2 rings (SSSR count). The van der Waals surface area contributed by atoms with Gasteiger partial charge in [-0.05, 0) is 62.6 Å². The van der Waals surface area contributed by atoms with Crippen molar-refractivity contribution in [2.24, 2.45) is 0 Å². The molecule has 2 aromatic rings. The Morgan fingerprint density at radius 3 is 2.50 bits per heavy atom. The number of carbonyl (C=O) groups excluding carboxylic acids is 1. The maximum atomic E-state index is 12.2. The van der Waals surface area contributed by atoms with Crippen molar-refractivity contribution in [3.05, 3.63) is 59.2 Å². The Balaban J connectivity index is 1.88. The molecule has 0 saturated carbocycles. The number of nitrogens with one attached hydrogen (secondary N) is 1. The highest BCUT2D eigenvalue weighted by Crippen LogP contribution is 2.21. The van der Waals surface area contributed by atoms with Crippen LogP contribution < -0.4 is 14.8 Å². The van der Waals surface area contributed by atoms with E-state index in [1.54, 1.807) is 6.92 Å². The lowest BCUT2D eigenvalue weighted by Gasteiger charge is -2.17. The molecule has 0 aliphatic rings. The molecule has 4 heteroatoms. The summed E-state index contributed by atoms with van der Waals surface area (Å²) in [6, 6.07) is 13.5. The van der Waals surface area contributed by atoms with Crippen LogP contribution in [0, 0.1) is 13.8 Å². The standard InChI is InChI=1S/C20H25NO3/c1-5-23-18-11-9-17(10-12-18)13-21-20(22)16(4)24-19-8-6-7-14(2)15(19)3/h6-12,16H,5,13H2,1-4H3,(H,21,22)/t16-/m1/s1. The zero-order chi connectivity index (χ0) is 17.5. The Kier molecular flexibility index (Phi) is 6.24. The first-order valence-corrected chi connectivity index (χ1v) is 8.23. The molecule has 0 unspecified atom stereocenters. The highest BCUT2D eigenvalue weighted by molar-refractivity contribution is 5.80. The normalized spacial score (nSPS) is 11.7. The minimum absolute atomic E-state index is 0.134. The summed E-state index contributed by atoms with van der Waals surface area (Å²) in [4.78, 5) is 12.2. The second kappa shape index (κ2) is 8.39. The molecule has 2 aromatic carbocycles. The summed E-state index contributed by atoms with van der Waals surface area (Å²) >= 11 is 0. The van der Waals surface area contributed by atoms with E-state index in [-0.39, 0.29) is 5.91 Å². The maximum Gasteiger partial charge on any atom is 0.261 e. The van der Waals surface area contributed by atoms with E-state index < -0.39 is 6.10 Å². The first kappa shape index (κ1) is 17.9. The molecule has 0 aliphatic heterocycles. The summed E-state index contributed by atoms with van der Waals surface area (Å²) in [5, 5.41) is 2.90. The second-order valence-electron chi connectivity index (χ2n) is 5.75. The fourth-order valence-electron chi connectivity index (χ4n) is 2.30. The largest absolute Gasteiger partial charge is 0.494 e. The van der Waals surface area contributed by atoms with Gasteiger partial charge in [0.2, 0.25) is 0 Å². The molecule has 0 radical (unpaired) electrons. The van der Waals surface area contributed by atoms with Crippen molar-refractivity contribution in [1.82, 2.24) is 5.32 Å². The van der Waals surface area contributed by atoms with Gasteiger partial charge in [-0.2, -0.15) is 0 Å². The number of hydrogen-bond donors (Lipinski definition) is 1. The van der Waals surface area contributed by atoms with Crippen LogP contribution in [0.5, 0.6) is 11.5 Å². The summed E-state index contributed by atoms with van der Waals surface area (Å²) in [6.07, 6.45) is -0.548. The maximum absolute atomic E-state index is 12.2. The number of aryl methyl sites for hydroxylation is 1. The Morgan fingerprint density at radius 1 is 1.12 bits per heavy atom. The van der Waals surface area contributed by atoms with Crippen molar-refractivity contribution in [2.45, 2.75) is 40.3 Å². The van der Waals surface area contributed by atoms with E-state index in [2.05, 4.69) is 5.32 Å². The lowest BCUT2D eigenvalue weighted by atomic mass is 10.1. The van der Waals surface area contributed by atoms with Crippen LogP contribution in [0.3, 0.4) is 0 Å². The van der Waals surface area contributed by atoms with Gasteiger partial charge in [0.15, 0.2) is 6.10 Å². The lowest BCUT2D eigenvalue weighted by molar-refractivity contribution is -0.127. The number of hydrogen-bond acceptors (Lipinski definition) is 3. The zero-order valence-electron chi connectivity index (χ0n) is 14.8. The van der Waals surface area contributed by atoms with Crippen molar-refractivity contribution < 1.29 is 14.3 Å². The molecular weight excluding hydrogens is 302 g/mol. The molecule has 128 valence electrons. The Labute approximate surface area is 143 Å². The van der Waals surface area contributed by atoms with Crippen molar-refractivity contribution >= 4 is 5.91 Å². The third-order valence-corrected chi connectivity index (χ3v) is 3.93. The van der Waals surface area contributed by atoms with Crippen molar-refractivity contribution in [3.8, 4) is 11.5 Å². The smallest absolute Gasteiger partial charge is 0.261 e. The monoisotopic (exact) mass is 327 g/mol. The van der Waals surface area contributed by atoms with Gasteiger partial charge in [-0.3, -0.25) is 4.79 Å². The fourth-order valence-corrected chi connectivity index (χ4v) is 2.30. The van der Waals surface area contributed by atoms with Crippen LogP contribution in [0.4, 0.5) is 0 Å². The summed E-state index contributed by atoms with van der Waals surface area (Å²) in [7, 11) is 0. The highest BCUT2D eigenvalue weighted by atomic mass is 16.5. The average Bonchev–Trinajstić information content (AvgIpc) is 2.58. The Morgan fingerprint density at radius 2 is 1.83 bits per heavy atom. The van der Waals surface area contributed by atoms with E-state index in [1.165, 1.54) is 0 Å². The van der Waals surface area contributed by atoms with Gasteiger partial charge in [-0.1, -0.05) is 24.3 Å². The number of ether oxygens (including phenoxy) is 2. The SMILES string of the molecule is CCOc1ccc(CNC(=O)[C@@H](C)Oc2cccc(C)c2C)cc1. The second-order valence-corrected chi connectivity index (χ2v) is 5.75. The van der Waals surface area contributed by atoms with Crippen molar-refractivity contribution in [1.29, 1.82) is 0 Å². The van der Waals surface area contributed by atoms with Crippen LogP contribution in [-0.4, -0.2) is 18.6 Å². The predicted molar refractivity (Wildman–Crippen MR) is 95.5 cm³/mol. The lowest BCUT2D eigenvalue weighted by Crippen LogP contribution is -2.36. The molecule has 0 aromatic heterocycles. The van der Waals surface area contributed by atoms with Gasteiger partial charge >= 0.3 is 0 Å². The number of benzene rings is 2. The molecule has 0 fully saturated rings. The van der Waals surface area contributed by atoms with Gasteiger partial charge in [0.1, 0.15) is 11.5 Å². The minimum atomic E-state index is -0.548. The molecule has 0 saturated heterocycles. The molecule has 0 bridgehead atoms.